The van der Waals surface area contributed by atoms with Gasteiger partial charge in [-0.25, -0.2) is 0 Å². The van der Waals surface area contributed by atoms with Crippen LogP contribution in [0.25, 0.3) is 11.1 Å². The molecule has 1 amide bonds. The van der Waals surface area contributed by atoms with Gasteiger partial charge in [-0.3, -0.25) is 14.9 Å². The first kappa shape index (κ1) is 18.7. The van der Waals surface area contributed by atoms with E-state index in [4.69, 9.17) is 0 Å². The Hall–Kier alpha value is -3.67. The van der Waals surface area contributed by atoms with E-state index in [0.717, 1.165) is 16.8 Å². The van der Waals surface area contributed by atoms with Crippen molar-refractivity contribution in [2.24, 2.45) is 0 Å². The van der Waals surface area contributed by atoms with Crippen LogP contribution in [0.4, 0.5) is 11.4 Å². The minimum absolute atomic E-state index is 0.142. The fraction of sp³-hybridized carbons (Fsp3) is 0.174. The van der Waals surface area contributed by atoms with Crippen LogP contribution in [-0.2, 0) is 0 Å². The van der Waals surface area contributed by atoms with Crippen LogP contribution in [0.15, 0.2) is 78.9 Å². The highest BCUT2D eigenvalue weighted by Crippen LogP contribution is 2.28. The van der Waals surface area contributed by atoms with Crippen LogP contribution < -0.4 is 4.90 Å². The van der Waals surface area contributed by atoms with E-state index >= 15 is 0 Å². The fourth-order valence-electron chi connectivity index (χ4n) is 3.65. The predicted octanol–water partition coefficient (Wildman–Crippen LogP) is 4.22. The molecule has 6 heteroatoms. The van der Waals surface area contributed by atoms with Crippen molar-refractivity contribution in [3.63, 3.8) is 0 Å². The number of hydrogen-bond acceptors (Lipinski definition) is 4. The van der Waals surface area contributed by atoms with Gasteiger partial charge >= 0.3 is 0 Å². The number of carbonyl (C=O) groups excluding carboxylic acids is 1. The highest BCUT2D eigenvalue weighted by Gasteiger charge is 2.28. The number of hydrogen-bond donors (Lipinski definition) is 0. The van der Waals surface area contributed by atoms with Crippen LogP contribution in [0, 0.1) is 10.1 Å². The van der Waals surface area contributed by atoms with Gasteiger partial charge in [0.05, 0.1) is 4.92 Å². The van der Waals surface area contributed by atoms with Crippen molar-refractivity contribution in [2.75, 3.05) is 31.1 Å². The second-order valence-electron chi connectivity index (χ2n) is 6.97. The van der Waals surface area contributed by atoms with Gasteiger partial charge in [0.25, 0.3) is 11.6 Å². The number of nitrogens with zero attached hydrogens (tertiary/aromatic N) is 3. The predicted molar refractivity (Wildman–Crippen MR) is 113 cm³/mol. The summed E-state index contributed by atoms with van der Waals surface area (Å²) in [5, 5.41) is 11.7. The van der Waals surface area contributed by atoms with E-state index in [1.165, 1.54) is 6.07 Å². The van der Waals surface area contributed by atoms with Gasteiger partial charge in [0.1, 0.15) is 5.56 Å². The number of nitro groups is 1. The first-order valence-corrected chi connectivity index (χ1v) is 9.56. The van der Waals surface area contributed by atoms with Gasteiger partial charge < -0.3 is 9.80 Å². The Morgan fingerprint density at radius 3 is 2.03 bits per heavy atom. The highest BCUT2D eigenvalue weighted by molar-refractivity contribution is 5.99. The topological polar surface area (TPSA) is 66.7 Å². The van der Waals surface area contributed by atoms with Crippen LogP contribution in [-0.4, -0.2) is 41.9 Å². The lowest BCUT2D eigenvalue weighted by atomic mass is 10.0. The Morgan fingerprint density at radius 1 is 0.793 bits per heavy atom. The lowest BCUT2D eigenvalue weighted by molar-refractivity contribution is -0.385. The molecule has 0 atom stereocenters. The monoisotopic (exact) mass is 387 g/mol. The molecular formula is C23H21N3O3. The van der Waals surface area contributed by atoms with Crippen LogP contribution >= 0.6 is 0 Å². The summed E-state index contributed by atoms with van der Waals surface area (Å²) >= 11 is 0. The molecule has 0 aliphatic carbocycles. The van der Waals surface area contributed by atoms with E-state index < -0.39 is 4.92 Å². The first-order chi connectivity index (χ1) is 14.1. The fourth-order valence-corrected chi connectivity index (χ4v) is 3.65. The van der Waals surface area contributed by atoms with Crippen LogP contribution in [0.5, 0.6) is 0 Å². The summed E-state index contributed by atoms with van der Waals surface area (Å²) in [7, 11) is 0. The smallest absolute Gasteiger partial charge is 0.282 e. The first-order valence-electron chi connectivity index (χ1n) is 9.56. The van der Waals surface area contributed by atoms with Gasteiger partial charge in [-0.05, 0) is 29.3 Å². The number of amides is 1. The normalized spacial score (nSPS) is 13.9. The zero-order valence-electron chi connectivity index (χ0n) is 15.9. The Balaban J connectivity index is 1.53. The average Bonchev–Trinajstić information content (AvgIpc) is 2.79. The molecule has 0 spiro atoms. The molecule has 6 nitrogen and oxygen atoms in total. The second kappa shape index (κ2) is 8.14. The van der Waals surface area contributed by atoms with E-state index in [0.29, 0.717) is 26.2 Å². The number of nitro benzene ring substituents is 1. The summed E-state index contributed by atoms with van der Waals surface area (Å²) in [6.07, 6.45) is 0. The Bertz CT molecular complexity index is 1010. The van der Waals surface area contributed by atoms with Crippen LogP contribution in [0.2, 0.25) is 0 Å². The van der Waals surface area contributed by atoms with Crippen molar-refractivity contribution in [1.29, 1.82) is 0 Å². The minimum atomic E-state index is -0.472. The molecule has 29 heavy (non-hydrogen) atoms. The standard InChI is InChI=1S/C23H21N3O3/c27-23(25-15-13-24(14-16-25)20-9-5-2-6-10-20)21-12-11-19(17-22(21)26(28)29)18-7-3-1-4-8-18/h1-12,17H,13-16H2. The van der Waals surface area contributed by atoms with Gasteiger partial charge in [-0.2, -0.15) is 0 Å². The van der Waals surface area contributed by atoms with E-state index in [9.17, 15) is 14.9 Å². The minimum Gasteiger partial charge on any atom is -0.368 e. The third-order valence-electron chi connectivity index (χ3n) is 5.22. The van der Waals surface area contributed by atoms with Gasteiger partial charge in [0.15, 0.2) is 0 Å². The number of benzene rings is 3. The number of para-hydroxylation sites is 1. The molecule has 1 heterocycles. The highest BCUT2D eigenvalue weighted by atomic mass is 16.6. The van der Waals surface area contributed by atoms with Crippen LogP contribution in [0.3, 0.4) is 0 Å². The number of piperazine rings is 1. The molecule has 1 saturated heterocycles. The van der Waals surface area contributed by atoms with Crippen molar-refractivity contribution >= 4 is 17.3 Å². The van der Waals surface area contributed by atoms with Crippen molar-refractivity contribution in [1.82, 2.24) is 4.90 Å². The van der Waals surface area contributed by atoms with Gasteiger partial charge in [-0.15, -0.1) is 0 Å². The number of carbonyl (C=O) groups is 1. The Morgan fingerprint density at radius 2 is 1.41 bits per heavy atom. The number of anilines is 1. The summed E-state index contributed by atoms with van der Waals surface area (Å²) in [4.78, 5) is 28.1. The van der Waals surface area contributed by atoms with E-state index in [2.05, 4.69) is 4.90 Å². The molecule has 0 aromatic heterocycles. The Labute approximate surface area is 169 Å². The van der Waals surface area contributed by atoms with Gasteiger partial charge in [0, 0.05) is 37.9 Å². The van der Waals surface area contributed by atoms with Crippen molar-refractivity contribution in [3.8, 4) is 11.1 Å². The van der Waals surface area contributed by atoms with Gasteiger partial charge in [0.2, 0.25) is 0 Å². The summed E-state index contributed by atoms with van der Waals surface area (Å²) in [6, 6.07) is 24.3. The Kier molecular flexibility index (Phi) is 5.24. The van der Waals surface area contributed by atoms with Crippen molar-refractivity contribution in [2.45, 2.75) is 0 Å². The summed E-state index contributed by atoms with van der Waals surface area (Å²) in [5.41, 5.74) is 2.72. The molecule has 0 saturated carbocycles. The summed E-state index contributed by atoms with van der Waals surface area (Å²) < 4.78 is 0. The zero-order chi connectivity index (χ0) is 20.2. The SMILES string of the molecule is O=C(c1ccc(-c2ccccc2)cc1[N+](=O)[O-])N1CCN(c2ccccc2)CC1. The molecule has 1 aliphatic rings. The van der Waals surface area contributed by atoms with E-state index in [1.54, 1.807) is 17.0 Å². The molecule has 0 unspecified atom stereocenters. The van der Waals surface area contributed by atoms with Crippen molar-refractivity contribution in [3.05, 3.63) is 94.5 Å². The summed E-state index contributed by atoms with van der Waals surface area (Å²) in [6.45, 7) is 2.47. The number of rotatable bonds is 4. The third kappa shape index (κ3) is 3.96. The lowest BCUT2D eigenvalue weighted by Gasteiger charge is -2.36. The maximum absolute atomic E-state index is 13.0. The average molecular weight is 387 g/mol. The molecule has 3 aromatic carbocycles. The molecule has 0 radical (unpaired) electrons. The zero-order valence-corrected chi connectivity index (χ0v) is 15.9. The molecule has 1 aliphatic heterocycles. The van der Waals surface area contributed by atoms with E-state index in [-0.39, 0.29) is 17.2 Å². The van der Waals surface area contributed by atoms with Crippen molar-refractivity contribution < 1.29 is 9.72 Å². The quantitative estimate of drug-likeness (QED) is 0.496. The summed E-state index contributed by atoms with van der Waals surface area (Å²) in [5.74, 6) is -0.288. The molecule has 0 N–H and O–H groups in total. The maximum atomic E-state index is 13.0. The lowest BCUT2D eigenvalue weighted by Crippen LogP contribution is -2.48. The molecule has 3 aromatic rings. The second-order valence-corrected chi connectivity index (χ2v) is 6.97. The molecule has 146 valence electrons. The third-order valence-corrected chi connectivity index (χ3v) is 5.22. The maximum Gasteiger partial charge on any atom is 0.282 e. The van der Waals surface area contributed by atoms with E-state index in [1.807, 2.05) is 60.7 Å². The molecule has 0 bridgehead atoms. The van der Waals surface area contributed by atoms with Gasteiger partial charge in [-0.1, -0.05) is 54.6 Å². The molecular weight excluding hydrogens is 366 g/mol. The van der Waals surface area contributed by atoms with Crippen LogP contribution in [0.1, 0.15) is 10.4 Å². The molecule has 4 rings (SSSR count). The molecule has 1 fully saturated rings. The largest absolute Gasteiger partial charge is 0.368 e.